The van der Waals surface area contributed by atoms with Crippen molar-refractivity contribution < 1.29 is 8.42 Å². The summed E-state index contributed by atoms with van der Waals surface area (Å²) in [6.45, 7) is 1.79. The standard InChI is InChI=1S/C10H15ClN2O3S2/c1-7(3-4-17-2)13-18(15,16)8-5-9(11)10(14)12-6-8/h5-7,13H,3-4H2,1-2H3,(H,12,14). The number of sulfonamides is 1. The van der Waals surface area contributed by atoms with Crippen molar-refractivity contribution in [3.63, 3.8) is 0 Å². The average molecular weight is 311 g/mol. The van der Waals surface area contributed by atoms with Gasteiger partial charge >= 0.3 is 0 Å². The normalized spacial score (nSPS) is 13.5. The van der Waals surface area contributed by atoms with Gasteiger partial charge in [0.05, 0.1) is 4.90 Å². The molecule has 0 bridgehead atoms. The van der Waals surface area contributed by atoms with Crippen molar-refractivity contribution in [2.45, 2.75) is 24.3 Å². The van der Waals surface area contributed by atoms with Crippen LogP contribution < -0.4 is 10.3 Å². The Morgan fingerprint density at radius 1 is 1.56 bits per heavy atom. The number of nitrogens with one attached hydrogen (secondary N) is 2. The van der Waals surface area contributed by atoms with Crippen LogP contribution in [0.3, 0.4) is 0 Å². The maximum atomic E-state index is 12.0. The van der Waals surface area contributed by atoms with E-state index in [1.165, 1.54) is 0 Å². The molecule has 0 saturated carbocycles. The molecule has 1 aromatic rings. The van der Waals surface area contributed by atoms with Crippen LogP contribution in [0.5, 0.6) is 0 Å². The molecule has 1 heterocycles. The third-order valence-electron chi connectivity index (χ3n) is 2.25. The van der Waals surface area contributed by atoms with Crippen molar-refractivity contribution in [3.8, 4) is 0 Å². The summed E-state index contributed by atoms with van der Waals surface area (Å²) in [5.41, 5.74) is -0.508. The minimum Gasteiger partial charge on any atom is -0.326 e. The number of H-pyrrole nitrogens is 1. The zero-order valence-corrected chi connectivity index (χ0v) is 12.5. The summed E-state index contributed by atoms with van der Waals surface area (Å²) in [7, 11) is -3.64. The lowest BCUT2D eigenvalue weighted by Crippen LogP contribution is -2.33. The minimum atomic E-state index is -3.64. The lowest BCUT2D eigenvalue weighted by molar-refractivity contribution is 0.556. The highest BCUT2D eigenvalue weighted by Gasteiger charge is 2.18. The van der Waals surface area contributed by atoms with E-state index in [0.717, 1.165) is 24.4 Å². The lowest BCUT2D eigenvalue weighted by Gasteiger charge is -2.13. The third-order valence-corrected chi connectivity index (χ3v) is 4.75. The van der Waals surface area contributed by atoms with E-state index in [1.54, 1.807) is 18.7 Å². The van der Waals surface area contributed by atoms with Crippen LogP contribution in [-0.2, 0) is 10.0 Å². The molecule has 0 amide bonds. The van der Waals surface area contributed by atoms with Gasteiger partial charge in [-0.25, -0.2) is 13.1 Å². The SMILES string of the molecule is CSCCC(C)NS(=O)(=O)c1c[nH]c(=O)c(Cl)c1. The van der Waals surface area contributed by atoms with Gasteiger partial charge in [-0.3, -0.25) is 4.79 Å². The van der Waals surface area contributed by atoms with E-state index in [4.69, 9.17) is 11.6 Å². The number of thioether (sulfide) groups is 1. The van der Waals surface area contributed by atoms with Gasteiger partial charge in [-0.1, -0.05) is 11.6 Å². The van der Waals surface area contributed by atoms with Crippen LogP contribution in [0.15, 0.2) is 22.0 Å². The summed E-state index contributed by atoms with van der Waals surface area (Å²) in [6.07, 6.45) is 3.83. The van der Waals surface area contributed by atoms with Crippen molar-refractivity contribution in [1.29, 1.82) is 0 Å². The van der Waals surface area contributed by atoms with Crippen LogP contribution in [0.1, 0.15) is 13.3 Å². The molecular formula is C10H15ClN2O3S2. The third kappa shape index (κ3) is 4.31. The van der Waals surface area contributed by atoms with Crippen molar-refractivity contribution in [2.24, 2.45) is 0 Å². The number of hydrogen-bond donors (Lipinski definition) is 2. The van der Waals surface area contributed by atoms with Gasteiger partial charge in [0.15, 0.2) is 0 Å². The fourth-order valence-corrected chi connectivity index (χ4v) is 3.38. The number of pyridine rings is 1. The largest absolute Gasteiger partial charge is 0.326 e. The van der Waals surface area contributed by atoms with E-state index < -0.39 is 15.6 Å². The number of halogens is 1. The van der Waals surface area contributed by atoms with E-state index in [9.17, 15) is 13.2 Å². The maximum absolute atomic E-state index is 12.0. The van der Waals surface area contributed by atoms with Crippen LogP contribution in [0.25, 0.3) is 0 Å². The Bertz CT molecular complexity index is 556. The quantitative estimate of drug-likeness (QED) is 0.833. The summed E-state index contributed by atoms with van der Waals surface area (Å²) in [4.78, 5) is 13.3. The predicted octanol–water partition coefficient (Wildman–Crippen LogP) is 1.45. The molecule has 0 aromatic carbocycles. The van der Waals surface area contributed by atoms with Gasteiger partial charge in [-0.05, 0) is 31.4 Å². The van der Waals surface area contributed by atoms with Crippen LogP contribution in [0.2, 0.25) is 5.02 Å². The average Bonchev–Trinajstić information content (AvgIpc) is 2.29. The second kappa shape index (κ2) is 6.60. The van der Waals surface area contributed by atoms with E-state index in [0.29, 0.717) is 0 Å². The van der Waals surface area contributed by atoms with E-state index in [1.807, 2.05) is 6.26 Å². The summed E-state index contributed by atoms with van der Waals surface area (Å²) >= 11 is 7.25. The molecular weight excluding hydrogens is 296 g/mol. The van der Waals surface area contributed by atoms with Gasteiger partial charge in [-0.15, -0.1) is 0 Å². The van der Waals surface area contributed by atoms with Gasteiger partial charge in [0.2, 0.25) is 10.0 Å². The smallest absolute Gasteiger partial charge is 0.266 e. The molecule has 1 aromatic heterocycles. The van der Waals surface area contributed by atoms with Crippen molar-refractivity contribution in [1.82, 2.24) is 9.71 Å². The minimum absolute atomic E-state index is 0.0388. The highest BCUT2D eigenvalue weighted by atomic mass is 35.5. The Morgan fingerprint density at radius 2 is 2.22 bits per heavy atom. The van der Waals surface area contributed by atoms with Crippen molar-refractivity contribution in [3.05, 3.63) is 27.6 Å². The van der Waals surface area contributed by atoms with Gasteiger partial charge in [0, 0.05) is 12.2 Å². The Hall–Kier alpha value is -0.500. The van der Waals surface area contributed by atoms with Gasteiger partial charge in [-0.2, -0.15) is 11.8 Å². The second-order valence-electron chi connectivity index (χ2n) is 3.82. The highest BCUT2D eigenvalue weighted by Crippen LogP contribution is 2.12. The molecule has 1 unspecified atom stereocenters. The summed E-state index contributed by atoms with van der Waals surface area (Å²) in [5.74, 6) is 0.871. The zero-order chi connectivity index (χ0) is 13.8. The summed E-state index contributed by atoms with van der Waals surface area (Å²) in [6, 6.07) is 0.970. The monoisotopic (exact) mass is 310 g/mol. The molecule has 0 radical (unpaired) electrons. The van der Waals surface area contributed by atoms with Crippen molar-refractivity contribution in [2.75, 3.05) is 12.0 Å². The molecule has 1 rings (SSSR count). The molecule has 0 spiro atoms. The van der Waals surface area contributed by atoms with E-state index in [-0.39, 0.29) is 16.0 Å². The van der Waals surface area contributed by atoms with Gasteiger partial charge in [0.1, 0.15) is 5.02 Å². The molecule has 18 heavy (non-hydrogen) atoms. The Morgan fingerprint density at radius 3 is 2.78 bits per heavy atom. The molecule has 5 nitrogen and oxygen atoms in total. The van der Waals surface area contributed by atoms with Crippen molar-refractivity contribution >= 4 is 33.4 Å². The molecule has 8 heteroatoms. The fourth-order valence-electron chi connectivity index (χ4n) is 1.28. The Kier molecular flexibility index (Phi) is 5.71. The molecule has 1 atom stereocenters. The summed E-state index contributed by atoms with van der Waals surface area (Å²) in [5, 5.41) is -0.144. The molecule has 0 saturated heterocycles. The number of rotatable bonds is 6. The Balaban J connectivity index is 2.86. The zero-order valence-electron chi connectivity index (χ0n) is 10.1. The first-order chi connectivity index (χ1) is 8.36. The van der Waals surface area contributed by atoms with Crippen LogP contribution in [0, 0.1) is 0 Å². The Labute approximate surface area is 115 Å². The molecule has 0 aliphatic carbocycles. The van der Waals surface area contributed by atoms with E-state index >= 15 is 0 Å². The topological polar surface area (TPSA) is 79.0 Å². The number of aromatic nitrogens is 1. The lowest BCUT2D eigenvalue weighted by atomic mass is 10.3. The molecule has 0 fully saturated rings. The number of hydrogen-bond acceptors (Lipinski definition) is 4. The molecule has 0 aliphatic heterocycles. The van der Waals surface area contributed by atoms with E-state index in [2.05, 4.69) is 9.71 Å². The predicted molar refractivity (Wildman–Crippen MR) is 74.9 cm³/mol. The first kappa shape index (κ1) is 15.6. The first-order valence-corrected chi connectivity index (χ1v) is 8.52. The van der Waals surface area contributed by atoms with Crippen LogP contribution >= 0.6 is 23.4 Å². The summed E-state index contributed by atoms with van der Waals surface area (Å²) < 4.78 is 26.5. The van der Waals surface area contributed by atoms with Gasteiger partial charge < -0.3 is 4.98 Å². The van der Waals surface area contributed by atoms with Gasteiger partial charge in [0.25, 0.3) is 5.56 Å². The second-order valence-corrected chi connectivity index (χ2v) is 6.92. The molecule has 2 N–H and O–H groups in total. The van der Waals surface area contributed by atoms with Crippen LogP contribution in [0.4, 0.5) is 0 Å². The number of aromatic amines is 1. The fraction of sp³-hybridized carbons (Fsp3) is 0.500. The van der Waals surface area contributed by atoms with Crippen LogP contribution in [-0.4, -0.2) is 31.5 Å². The maximum Gasteiger partial charge on any atom is 0.266 e. The first-order valence-electron chi connectivity index (χ1n) is 5.26. The highest BCUT2D eigenvalue weighted by molar-refractivity contribution is 7.98. The molecule has 102 valence electrons. The molecule has 0 aliphatic rings.